The average molecular weight is 425 g/mol. The summed E-state index contributed by atoms with van der Waals surface area (Å²) in [5.41, 5.74) is -0.360. The van der Waals surface area contributed by atoms with Crippen LogP contribution in [0, 0.1) is 10.1 Å². The average Bonchev–Trinajstić information content (AvgIpc) is 2.74. The Morgan fingerprint density at radius 2 is 1.71 bits per heavy atom. The Balaban J connectivity index is 1.88. The molecule has 2 aromatic rings. The fourth-order valence-electron chi connectivity index (χ4n) is 3.82. The Hall–Kier alpha value is -3.26. The predicted octanol–water partition coefficient (Wildman–Crippen LogP) is 4.18. The molecule has 0 atom stereocenters. The molecule has 0 unspecified atom stereocenters. The van der Waals surface area contributed by atoms with Crippen LogP contribution in [0.15, 0.2) is 48.5 Å². The first-order valence-corrected chi connectivity index (χ1v) is 10.3. The number of hydrogen-bond acceptors (Lipinski definition) is 6. The molecule has 8 nitrogen and oxygen atoms in total. The van der Waals surface area contributed by atoms with E-state index in [1.54, 1.807) is 35.2 Å². The molecule has 1 aliphatic rings. The zero-order chi connectivity index (χ0) is 22.6. The summed E-state index contributed by atoms with van der Waals surface area (Å²) in [5, 5.41) is 14.9. The maximum absolute atomic E-state index is 13.1. The minimum atomic E-state index is -0.643. The summed E-state index contributed by atoms with van der Waals surface area (Å²) in [5.74, 6) is -0.518. The van der Waals surface area contributed by atoms with Crippen molar-refractivity contribution in [3.63, 3.8) is 0 Å². The van der Waals surface area contributed by atoms with Crippen LogP contribution in [0.1, 0.15) is 49.5 Å². The molecule has 1 heterocycles. The van der Waals surface area contributed by atoms with E-state index in [0.29, 0.717) is 5.56 Å². The van der Waals surface area contributed by atoms with Crippen LogP contribution in [0.5, 0.6) is 5.75 Å². The zero-order valence-corrected chi connectivity index (χ0v) is 18.0. The van der Waals surface area contributed by atoms with Gasteiger partial charge in [-0.3, -0.25) is 19.8 Å². The lowest BCUT2D eigenvalue weighted by molar-refractivity contribution is -0.385. The number of nitro benzene ring substituents is 1. The van der Waals surface area contributed by atoms with Crippen molar-refractivity contribution in [2.75, 3.05) is 13.1 Å². The van der Waals surface area contributed by atoms with Crippen LogP contribution in [0.4, 0.5) is 10.5 Å². The fourth-order valence-corrected chi connectivity index (χ4v) is 3.82. The summed E-state index contributed by atoms with van der Waals surface area (Å²) in [6, 6.07) is 12.4. The van der Waals surface area contributed by atoms with Crippen LogP contribution in [0.2, 0.25) is 0 Å². The van der Waals surface area contributed by atoms with Gasteiger partial charge in [0.2, 0.25) is 5.75 Å². The highest BCUT2D eigenvalue weighted by Crippen LogP contribution is 2.31. The van der Waals surface area contributed by atoms with Crippen molar-refractivity contribution in [2.24, 2.45) is 0 Å². The number of nitrogens with zero attached hydrogens (tertiary/aromatic N) is 2. The van der Waals surface area contributed by atoms with Crippen molar-refractivity contribution in [2.45, 2.75) is 45.2 Å². The van der Waals surface area contributed by atoms with Crippen molar-refractivity contribution in [1.82, 2.24) is 10.2 Å². The third-order valence-corrected chi connectivity index (χ3v) is 5.24. The number of hydrogen-bond donors (Lipinski definition) is 1. The number of nitro groups is 1. The van der Waals surface area contributed by atoms with E-state index in [1.165, 1.54) is 12.1 Å². The molecule has 0 spiro atoms. The van der Waals surface area contributed by atoms with Crippen molar-refractivity contribution in [3.8, 4) is 5.75 Å². The van der Waals surface area contributed by atoms with Gasteiger partial charge in [-0.2, -0.15) is 0 Å². The van der Waals surface area contributed by atoms with Gasteiger partial charge in [-0.25, -0.2) is 4.79 Å². The monoisotopic (exact) mass is 425 g/mol. The number of piperidine rings is 1. The molecule has 1 fully saturated rings. The van der Waals surface area contributed by atoms with E-state index in [4.69, 9.17) is 4.74 Å². The fraction of sp³-hybridized carbons (Fsp3) is 0.391. The van der Waals surface area contributed by atoms with E-state index < -0.39 is 22.2 Å². The minimum Gasteiger partial charge on any atom is -0.403 e. The van der Waals surface area contributed by atoms with Crippen LogP contribution < -0.4 is 10.1 Å². The molecule has 8 heteroatoms. The number of nitrogens with one attached hydrogen (secondary N) is 1. The first-order valence-electron chi connectivity index (χ1n) is 10.3. The molecule has 0 aromatic heterocycles. The number of rotatable bonds is 5. The zero-order valence-electron chi connectivity index (χ0n) is 18.0. The maximum Gasteiger partial charge on any atom is 0.416 e. The molecule has 1 aliphatic heterocycles. The van der Waals surface area contributed by atoms with Crippen molar-refractivity contribution in [1.29, 1.82) is 0 Å². The number of amides is 1. The first-order chi connectivity index (χ1) is 14.7. The Morgan fingerprint density at radius 1 is 1.06 bits per heavy atom. The van der Waals surface area contributed by atoms with Crippen molar-refractivity contribution >= 4 is 17.6 Å². The molecule has 0 radical (unpaired) electrons. The van der Waals surface area contributed by atoms with Crippen LogP contribution in [0.25, 0.3) is 0 Å². The molecule has 0 aliphatic carbocycles. The van der Waals surface area contributed by atoms with Gasteiger partial charge in [0.15, 0.2) is 5.78 Å². The second-order valence-electron chi connectivity index (χ2n) is 8.52. The molecule has 31 heavy (non-hydrogen) atoms. The number of ether oxygens (including phenoxy) is 1. The van der Waals surface area contributed by atoms with E-state index in [9.17, 15) is 19.7 Å². The number of benzene rings is 2. The molecular weight excluding hydrogens is 398 g/mol. The van der Waals surface area contributed by atoms with Gasteiger partial charge >= 0.3 is 11.8 Å². The standard InChI is InChI=1S/C23H27N3O5/c1-23(2,3)25(18-11-13-24-14-12-18)22(28)31-20-10-9-17(15-19(20)26(29)30)21(27)16-7-5-4-6-8-16/h4-10,15,18,24H,11-14H2,1-3H3. The third kappa shape index (κ3) is 5.27. The van der Waals surface area contributed by atoms with Crippen molar-refractivity contribution in [3.05, 3.63) is 69.8 Å². The molecular formula is C23H27N3O5. The largest absolute Gasteiger partial charge is 0.416 e. The first kappa shape index (κ1) is 22.4. The van der Waals surface area contributed by atoms with E-state index in [0.717, 1.165) is 32.0 Å². The smallest absolute Gasteiger partial charge is 0.403 e. The van der Waals surface area contributed by atoms with Gasteiger partial charge in [-0.15, -0.1) is 0 Å². The molecule has 0 bridgehead atoms. The van der Waals surface area contributed by atoms with Crippen LogP contribution in [0.3, 0.4) is 0 Å². The lowest BCUT2D eigenvalue weighted by atomic mass is 9.98. The van der Waals surface area contributed by atoms with Crippen LogP contribution in [-0.4, -0.2) is 46.4 Å². The normalized spacial score (nSPS) is 14.7. The van der Waals surface area contributed by atoms with E-state index >= 15 is 0 Å². The Bertz CT molecular complexity index is 963. The van der Waals surface area contributed by atoms with E-state index in [-0.39, 0.29) is 23.1 Å². The summed E-state index contributed by atoms with van der Waals surface area (Å²) in [7, 11) is 0. The summed E-state index contributed by atoms with van der Waals surface area (Å²) < 4.78 is 5.50. The summed E-state index contributed by atoms with van der Waals surface area (Å²) >= 11 is 0. The van der Waals surface area contributed by atoms with Gasteiger partial charge in [0, 0.05) is 28.8 Å². The number of ketones is 1. The highest BCUT2D eigenvalue weighted by Gasteiger charge is 2.36. The Kier molecular flexibility index (Phi) is 6.70. The van der Waals surface area contributed by atoms with E-state index in [2.05, 4.69) is 5.32 Å². The second kappa shape index (κ2) is 9.26. The molecule has 1 amide bonds. The van der Waals surface area contributed by atoms with Gasteiger partial charge in [0.05, 0.1) is 4.92 Å². The van der Waals surface area contributed by atoms with Crippen molar-refractivity contribution < 1.29 is 19.2 Å². The SMILES string of the molecule is CC(C)(C)N(C(=O)Oc1ccc(C(=O)c2ccccc2)cc1[N+](=O)[O-])C1CCNCC1. The third-order valence-electron chi connectivity index (χ3n) is 5.24. The highest BCUT2D eigenvalue weighted by molar-refractivity contribution is 6.09. The number of carbonyl (C=O) groups is 2. The summed E-state index contributed by atoms with van der Waals surface area (Å²) in [6.07, 6.45) is 0.919. The van der Waals surface area contributed by atoms with Gasteiger partial charge < -0.3 is 10.1 Å². The Morgan fingerprint density at radius 3 is 2.29 bits per heavy atom. The lowest BCUT2D eigenvalue weighted by Gasteiger charge is -2.42. The molecule has 1 saturated heterocycles. The van der Waals surface area contributed by atoms with Gasteiger partial charge in [0.25, 0.3) is 0 Å². The summed E-state index contributed by atoms with van der Waals surface area (Å²) in [4.78, 5) is 38.4. The lowest BCUT2D eigenvalue weighted by Crippen LogP contribution is -2.55. The molecule has 2 aromatic carbocycles. The molecule has 3 rings (SSSR count). The van der Waals surface area contributed by atoms with Crippen LogP contribution in [-0.2, 0) is 0 Å². The number of carbonyl (C=O) groups excluding carboxylic acids is 2. The topological polar surface area (TPSA) is 102 Å². The second-order valence-corrected chi connectivity index (χ2v) is 8.52. The highest BCUT2D eigenvalue weighted by atomic mass is 16.6. The Labute approximate surface area is 181 Å². The molecule has 0 saturated carbocycles. The summed E-state index contributed by atoms with van der Waals surface area (Å²) in [6.45, 7) is 7.31. The van der Waals surface area contributed by atoms with Gasteiger partial charge in [-0.05, 0) is 58.8 Å². The maximum atomic E-state index is 13.1. The van der Waals surface area contributed by atoms with E-state index in [1.807, 2.05) is 20.8 Å². The van der Waals surface area contributed by atoms with Gasteiger partial charge in [-0.1, -0.05) is 30.3 Å². The molecule has 1 N–H and O–H groups in total. The van der Waals surface area contributed by atoms with Crippen LogP contribution >= 0.6 is 0 Å². The minimum absolute atomic E-state index is 0.0215. The molecule has 164 valence electrons. The van der Waals surface area contributed by atoms with Gasteiger partial charge in [0.1, 0.15) is 0 Å². The predicted molar refractivity (Wildman–Crippen MR) is 116 cm³/mol. The quantitative estimate of drug-likeness (QED) is 0.438.